The minimum absolute atomic E-state index is 0.0650. The summed E-state index contributed by atoms with van der Waals surface area (Å²) in [6.07, 6.45) is 3.33. The number of carbonyl (C=O) groups is 2. The maximum absolute atomic E-state index is 12.1. The lowest BCUT2D eigenvalue weighted by Gasteiger charge is -2.41. The van der Waals surface area contributed by atoms with Crippen LogP contribution in [-0.4, -0.2) is 58.4 Å². The van der Waals surface area contributed by atoms with Crippen molar-refractivity contribution in [3.8, 4) is 0 Å². The monoisotopic (exact) mass is 266 g/mol. The van der Waals surface area contributed by atoms with Crippen LogP contribution in [-0.2, 0) is 4.74 Å². The number of carbonyl (C=O) groups excluding carboxylic acids is 1. The first-order chi connectivity index (χ1) is 9.13. The van der Waals surface area contributed by atoms with Gasteiger partial charge in [0.15, 0.2) is 0 Å². The van der Waals surface area contributed by atoms with Gasteiger partial charge in [0, 0.05) is 31.5 Å². The fourth-order valence-corrected chi connectivity index (χ4v) is 3.95. The minimum Gasteiger partial charge on any atom is -0.465 e. The molecular formula is C13H18N2O4. The van der Waals surface area contributed by atoms with Crippen molar-refractivity contribution in [2.45, 2.75) is 37.3 Å². The zero-order valence-corrected chi connectivity index (χ0v) is 10.7. The van der Waals surface area contributed by atoms with Crippen molar-refractivity contribution < 1.29 is 19.4 Å². The van der Waals surface area contributed by atoms with E-state index < -0.39 is 6.09 Å². The fraction of sp³-hybridized carbons (Fsp3) is 0.846. The van der Waals surface area contributed by atoms with Gasteiger partial charge < -0.3 is 14.7 Å². The van der Waals surface area contributed by atoms with E-state index in [9.17, 15) is 14.7 Å². The number of carboxylic acid groups (broad SMARTS) is 1. The van der Waals surface area contributed by atoms with Crippen LogP contribution in [0, 0.1) is 11.8 Å². The SMILES string of the molecule is O=C(O)N1CCN2C(=O)OC(C3CC3)(C3CC3)C2C1. The van der Waals surface area contributed by atoms with Crippen LogP contribution >= 0.6 is 0 Å². The van der Waals surface area contributed by atoms with Gasteiger partial charge in [0.1, 0.15) is 5.60 Å². The molecule has 0 aromatic rings. The number of hydrogen-bond acceptors (Lipinski definition) is 3. The third kappa shape index (κ3) is 1.48. The Labute approximate surface area is 111 Å². The van der Waals surface area contributed by atoms with Gasteiger partial charge in [0.05, 0.1) is 6.04 Å². The van der Waals surface area contributed by atoms with E-state index >= 15 is 0 Å². The third-order valence-electron chi connectivity index (χ3n) is 5.10. The van der Waals surface area contributed by atoms with Crippen LogP contribution in [0.2, 0.25) is 0 Å². The number of cyclic esters (lactones) is 1. The first-order valence-electron chi connectivity index (χ1n) is 7.10. The van der Waals surface area contributed by atoms with Crippen LogP contribution in [0.25, 0.3) is 0 Å². The highest BCUT2D eigenvalue weighted by molar-refractivity contribution is 5.73. The van der Waals surface area contributed by atoms with Gasteiger partial charge in [-0.2, -0.15) is 0 Å². The van der Waals surface area contributed by atoms with Gasteiger partial charge in [-0.1, -0.05) is 0 Å². The van der Waals surface area contributed by atoms with Crippen molar-refractivity contribution in [1.29, 1.82) is 0 Å². The number of hydrogen-bond donors (Lipinski definition) is 1. The van der Waals surface area contributed by atoms with Gasteiger partial charge in [0.2, 0.25) is 0 Å². The second-order valence-corrected chi connectivity index (χ2v) is 6.21. The number of nitrogens with zero attached hydrogens (tertiary/aromatic N) is 2. The largest absolute Gasteiger partial charge is 0.465 e. The zero-order chi connectivity index (χ0) is 13.2. The Balaban J connectivity index is 1.67. The molecule has 0 spiro atoms. The molecule has 0 aromatic heterocycles. The Morgan fingerprint density at radius 2 is 1.84 bits per heavy atom. The molecule has 4 fully saturated rings. The summed E-state index contributed by atoms with van der Waals surface area (Å²) in [5, 5.41) is 9.18. The lowest BCUT2D eigenvalue weighted by atomic mass is 9.82. The Morgan fingerprint density at radius 1 is 1.21 bits per heavy atom. The van der Waals surface area contributed by atoms with E-state index in [1.165, 1.54) is 4.90 Å². The van der Waals surface area contributed by atoms with Gasteiger partial charge in [0.25, 0.3) is 0 Å². The molecule has 2 saturated heterocycles. The molecule has 6 nitrogen and oxygen atoms in total. The van der Waals surface area contributed by atoms with Crippen LogP contribution in [0.3, 0.4) is 0 Å². The van der Waals surface area contributed by atoms with Crippen LogP contribution in [0.4, 0.5) is 9.59 Å². The quantitative estimate of drug-likeness (QED) is 0.819. The van der Waals surface area contributed by atoms with E-state index in [2.05, 4.69) is 0 Å². The number of rotatable bonds is 2. The second-order valence-electron chi connectivity index (χ2n) is 6.21. The summed E-state index contributed by atoms with van der Waals surface area (Å²) in [6.45, 7) is 1.28. The summed E-state index contributed by atoms with van der Waals surface area (Å²) in [4.78, 5) is 26.5. The first-order valence-corrected chi connectivity index (χ1v) is 7.10. The molecule has 2 heterocycles. The molecule has 0 bridgehead atoms. The zero-order valence-electron chi connectivity index (χ0n) is 10.7. The van der Waals surface area contributed by atoms with Crippen molar-refractivity contribution in [1.82, 2.24) is 9.80 Å². The molecule has 2 amide bonds. The van der Waals surface area contributed by atoms with E-state index in [4.69, 9.17) is 4.74 Å². The number of fused-ring (bicyclic) bond motifs is 1. The van der Waals surface area contributed by atoms with Gasteiger partial charge >= 0.3 is 12.2 Å². The molecule has 2 aliphatic carbocycles. The van der Waals surface area contributed by atoms with Gasteiger partial charge in [-0.15, -0.1) is 0 Å². The number of amides is 2. The Bertz CT molecular complexity index is 432. The fourth-order valence-electron chi connectivity index (χ4n) is 3.95. The molecule has 4 rings (SSSR count). The summed E-state index contributed by atoms with van der Waals surface area (Å²) >= 11 is 0. The predicted molar refractivity (Wildman–Crippen MR) is 64.8 cm³/mol. The van der Waals surface area contributed by atoms with E-state index in [0.717, 1.165) is 25.7 Å². The van der Waals surface area contributed by atoms with Crippen LogP contribution in [0.1, 0.15) is 25.7 Å². The van der Waals surface area contributed by atoms with Gasteiger partial charge in [-0.25, -0.2) is 9.59 Å². The molecule has 1 unspecified atom stereocenters. The smallest absolute Gasteiger partial charge is 0.410 e. The topological polar surface area (TPSA) is 70.1 Å². The highest BCUT2D eigenvalue weighted by Crippen LogP contribution is 2.59. The van der Waals surface area contributed by atoms with Crippen molar-refractivity contribution in [3.63, 3.8) is 0 Å². The van der Waals surface area contributed by atoms with E-state index in [0.29, 0.717) is 31.5 Å². The minimum atomic E-state index is -0.889. The van der Waals surface area contributed by atoms with Gasteiger partial charge in [-0.3, -0.25) is 4.90 Å². The van der Waals surface area contributed by atoms with E-state index in [1.807, 2.05) is 0 Å². The van der Waals surface area contributed by atoms with Crippen molar-refractivity contribution in [3.05, 3.63) is 0 Å². The average Bonchev–Trinajstić information content (AvgIpc) is 3.26. The molecule has 2 saturated carbocycles. The predicted octanol–water partition coefficient (Wildman–Crippen LogP) is 1.36. The third-order valence-corrected chi connectivity index (χ3v) is 5.10. The average molecular weight is 266 g/mol. The Kier molecular flexibility index (Phi) is 2.13. The molecule has 6 heteroatoms. The molecule has 1 atom stereocenters. The van der Waals surface area contributed by atoms with E-state index in [-0.39, 0.29) is 17.7 Å². The van der Waals surface area contributed by atoms with Crippen LogP contribution in [0.15, 0.2) is 0 Å². The molecule has 4 aliphatic rings. The van der Waals surface area contributed by atoms with Crippen molar-refractivity contribution in [2.75, 3.05) is 19.6 Å². The van der Waals surface area contributed by atoms with Gasteiger partial charge in [-0.05, 0) is 25.7 Å². The molecule has 0 aromatic carbocycles. The van der Waals surface area contributed by atoms with E-state index in [1.54, 1.807) is 4.90 Å². The number of ether oxygens (including phenoxy) is 1. The molecule has 0 radical (unpaired) electrons. The Morgan fingerprint density at radius 3 is 2.37 bits per heavy atom. The maximum Gasteiger partial charge on any atom is 0.410 e. The molecule has 2 aliphatic heterocycles. The summed E-state index contributed by atoms with van der Waals surface area (Å²) in [7, 11) is 0. The highest BCUT2D eigenvalue weighted by Gasteiger charge is 2.67. The standard InChI is InChI=1S/C13H18N2O4/c16-11(17)14-5-6-15-10(7-14)13(8-1-2-8,9-3-4-9)19-12(15)18/h8-10H,1-7H2,(H,16,17). The summed E-state index contributed by atoms with van der Waals surface area (Å²) in [6, 6.07) is -0.0650. The van der Waals surface area contributed by atoms with Crippen LogP contribution < -0.4 is 0 Å². The summed E-state index contributed by atoms with van der Waals surface area (Å²) < 4.78 is 5.84. The molecule has 19 heavy (non-hydrogen) atoms. The van der Waals surface area contributed by atoms with Crippen molar-refractivity contribution in [2.24, 2.45) is 11.8 Å². The lowest BCUT2D eigenvalue weighted by Crippen LogP contribution is -2.60. The molecule has 104 valence electrons. The Hall–Kier alpha value is -1.46. The normalized spacial score (nSPS) is 33.1. The maximum atomic E-state index is 12.1. The molecular weight excluding hydrogens is 248 g/mol. The summed E-state index contributed by atoms with van der Waals surface area (Å²) in [5.41, 5.74) is -0.384. The number of piperazine rings is 1. The van der Waals surface area contributed by atoms with Crippen molar-refractivity contribution >= 4 is 12.2 Å². The summed E-state index contributed by atoms with van der Waals surface area (Å²) in [5.74, 6) is 0.903. The van der Waals surface area contributed by atoms with Crippen LogP contribution in [0.5, 0.6) is 0 Å². The second kappa shape index (κ2) is 3.55. The highest BCUT2D eigenvalue weighted by atomic mass is 16.6. The lowest BCUT2D eigenvalue weighted by molar-refractivity contribution is -0.0206. The first kappa shape index (κ1) is 11.4. The molecule has 1 N–H and O–H groups in total.